The third-order valence-corrected chi connectivity index (χ3v) is 3.34. The second kappa shape index (κ2) is 3.93. The molecule has 0 aromatic rings. The summed E-state index contributed by atoms with van der Waals surface area (Å²) >= 11 is 0. The van der Waals surface area contributed by atoms with Crippen LogP contribution in [0.5, 0.6) is 0 Å². The van der Waals surface area contributed by atoms with Gasteiger partial charge in [0.25, 0.3) is 0 Å². The van der Waals surface area contributed by atoms with Crippen molar-refractivity contribution in [3.63, 3.8) is 0 Å². The number of nitrogens with two attached hydrogens (primary N) is 1. The summed E-state index contributed by atoms with van der Waals surface area (Å²) in [5, 5.41) is -0.709. The summed E-state index contributed by atoms with van der Waals surface area (Å²) < 4.78 is 21.9. The van der Waals surface area contributed by atoms with E-state index in [0.29, 0.717) is 6.42 Å². The van der Waals surface area contributed by atoms with E-state index in [2.05, 4.69) is 0 Å². The maximum absolute atomic E-state index is 11.0. The monoisotopic (exact) mass is 165 g/mol. The van der Waals surface area contributed by atoms with Crippen LogP contribution in [-0.4, -0.2) is 19.5 Å². The van der Waals surface area contributed by atoms with Gasteiger partial charge >= 0.3 is 0 Å². The van der Waals surface area contributed by atoms with Gasteiger partial charge in [-0.05, 0) is 13.3 Å². The first kappa shape index (κ1) is 9.91. The fourth-order valence-corrected chi connectivity index (χ4v) is 1.59. The quantitative estimate of drug-likeness (QED) is 0.660. The molecule has 0 saturated carbocycles. The lowest BCUT2D eigenvalue weighted by Gasteiger charge is -2.05. The Balaban J connectivity index is 3.90. The summed E-state index contributed by atoms with van der Waals surface area (Å²) in [4.78, 5) is 0. The van der Waals surface area contributed by atoms with Gasteiger partial charge < -0.3 is 5.73 Å². The normalized spacial score (nSPS) is 15.1. The zero-order valence-electron chi connectivity index (χ0n) is 6.50. The van der Waals surface area contributed by atoms with Gasteiger partial charge in [0.05, 0.1) is 5.75 Å². The molecule has 0 aromatic carbocycles. The van der Waals surface area contributed by atoms with Gasteiger partial charge in [0, 0.05) is 0 Å². The lowest BCUT2D eigenvalue weighted by atomic mass is 10.4. The van der Waals surface area contributed by atoms with Crippen molar-refractivity contribution in [2.45, 2.75) is 32.1 Å². The molecule has 0 aliphatic carbocycles. The number of hydrogen-bond acceptors (Lipinski definition) is 3. The highest BCUT2D eigenvalue weighted by Crippen LogP contribution is 1.99. The van der Waals surface area contributed by atoms with Crippen LogP contribution in [0, 0.1) is 0 Å². The average molecular weight is 165 g/mol. The summed E-state index contributed by atoms with van der Waals surface area (Å²) in [6.45, 7) is 3.46. The Morgan fingerprint density at radius 2 is 2.00 bits per heavy atom. The van der Waals surface area contributed by atoms with Crippen LogP contribution in [0.2, 0.25) is 0 Å². The molecule has 0 aromatic heterocycles. The van der Waals surface area contributed by atoms with Crippen LogP contribution < -0.4 is 5.73 Å². The summed E-state index contributed by atoms with van der Waals surface area (Å²) in [5.41, 5.74) is 5.22. The molecule has 0 aliphatic rings. The molecule has 1 unspecified atom stereocenters. The van der Waals surface area contributed by atoms with E-state index in [0.717, 1.165) is 6.42 Å². The highest BCUT2D eigenvalue weighted by Gasteiger charge is 2.14. The number of hydrogen-bond donors (Lipinski definition) is 1. The molecule has 0 saturated heterocycles. The van der Waals surface area contributed by atoms with Crippen LogP contribution >= 0.6 is 0 Å². The van der Waals surface area contributed by atoms with E-state index in [-0.39, 0.29) is 5.75 Å². The van der Waals surface area contributed by atoms with Crippen LogP contribution in [0.1, 0.15) is 26.7 Å². The maximum Gasteiger partial charge on any atom is 0.165 e. The first-order valence-corrected chi connectivity index (χ1v) is 5.19. The SMILES string of the molecule is CCCCS(=O)(=O)C(C)N. The second-order valence-corrected chi connectivity index (χ2v) is 4.90. The molecule has 0 spiro atoms. The molecule has 0 fully saturated rings. The van der Waals surface area contributed by atoms with Gasteiger partial charge in [-0.3, -0.25) is 0 Å². The van der Waals surface area contributed by atoms with Crippen LogP contribution in [0.3, 0.4) is 0 Å². The maximum atomic E-state index is 11.0. The molecule has 2 N–H and O–H groups in total. The first-order chi connectivity index (χ1) is 4.50. The predicted octanol–water partition coefficient (Wildman–Crippen LogP) is 0.506. The van der Waals surface area contributed by atoms with E-state index in [1.807, 2.05) is 6.92 Å². The van der Waals surface area contributed by atoms with Crippen molar-refractivity contribution in [3.8, 4) is 0 Å². The second-order valence-electron chi connectivity index (χ2n) is 2.43. The first-order valence-electron chi connectivity index (χ1n) is 3.48. The average Bonchev–Trinajstić information content (AvgIpc) is 1.84. The Kier molecular flexibility index (Phi) is 3.89. The van der Waals surface area contributed by atoms with E-state index in [9.17, 15) is 8.42 Å². The topological polar surface area (TPSA) is 60.2 Å². The summed E-state index contributed by atoms with van der Waals surface area (Å²) in [7, 11) is -2.98. The van der Waals surface area contributed by atoms with Crippen molar-refractivity contribution in [1.29, 1.82) is 0 Å². The largest absolute Gasteiger partial charge is 0.315 e. The Labute approximate surface area is 62.5 Å². The minimum Gasteiger partial charge on any atom is -0.315 e. The third kappa shape index (κ3) is 3.17. The van der Waals surface area contributed by atoms with Gasteiger partial charge in [-0.15, -0.1) is 0 Å². The van der Waals surface area contributed by atoms with E-state index in [4.69, 9.17) is 5.73 Å². The highest BCUT2D eigenvalue weighted by molar-refractivity contribution is 7.91. The van der Waals surface area contributed by atoms with Crippen LogP contribution in [0.4, 0.5) is 0 Å². The Hall–Kier alpha value is -0.0900. The molecule has 3 nitrogen and oxygen atoms in total. The number of rotatable bonds is 4. The van der Waals surface area contributed by atoms with Gasteiger partial charge in [-0.25, -0.2) is 8.42 Å². The molecule has 62 valence electrons. The van der Waals surface area contributed by atoms with Gasteiger partial charge in [-0.1, -0.05) is 13.3 Å². The number of unbranched alkanes of at least 4 members (excludes halogenated alkanes) is 1. The molecule has 0 aliphatic heterocycles. The van der Waals surface area contributed by atoms with E-state index < -0.39 is 15.2 Å². The standard InChI is InChI=1S/C6H15NO2S/c1-3-4-5-10(8,9)6(2)7/h6H,3-5,7H2,1-2H3. The van der Waals surface area contributed by atoms with Crippen molar-refractivity contribution in [1.82, 2.24) is 0 Å². The van der Waals surface area contributed by atoms with E-state index in [1.54, 1.807) is 0 Å². The van der Waals surface area contributed by atoms with Gasteiger partial charge in [-0.2, -0.15) is 0 Å². The van der Waals surface area contributed by atoms with Gasteiger partial charge in [0.1, 0.15) is 5.37 Å². The molecule has 0 bridgehead atoms. The lowest BCUT2D eigenvalue weighted by molar-refractivity contribution is 0.582. The van der Waals surface area contributed by atoms with Crippen molar-refractivity contribution >= 4 is 9.84 Å². The molecular weight excluding hydrogens is 150 g/mol. The molecule has 0 amide bonds. The summed E-state index contributed by atoms with van der Waals surface area (Å²) in [6.07, 6.45) is 1.61. The van der Waals surface area contributed by atoms with Crippen LogP contribution in [-0.2, 0) is 9.84 Å². The minimum atomic E-state index is -2.98. The Bertz CT molecular complexity index is 172. The van der Waals surface area contributed by atoms with Crippen LogP contribution in [0.15, 0.2) is 0 Å². The smallest absolute Gasteiger partial charge is 0.165 e. The summed E-state index contributed by atoms with van der Waals surface area (Å²) in [6, 6.07) is 0. The van der Waals surface area contributed by atoms with Crippen molar-refractivity contribution in [3.05, 3.63) is 0 Å². The highest BCUT2D eigenvalue weighted by atomic mass is 32.2. The van der Waals surface area contributed by atoms with Crippen molar-refractivity contribution in [2.75, 3.05) is 5.75 Å². The third-order valence-electron chi connectivity index (χ3n) is 1.35. The molecule has 1 atom stereocenters. The Morgan fingerprint density at radius 1 is 1.50 bits per heavy atom. The number of sulfone groups is 1. The Morgan fingerprint density at radius 3 is 2.30 bits per heavy atom. The predicted molar refractivity (Wildman–Crippen MR) is 42.3 cm³/mol. The zero-order chi connectivity index (χ0) is 8.20. The minimum absolute atomic E-state index is 0.223. The fourth-order valence-electron chi connectivity index (χ4n) is 0.531. The van der Waals surface area contributed by atoms with E-state index >= 15 is 0 Å². The van der Waals surface area contributed by atoms with Crippen LogP contribution in [0.25, 0.3) is 0 Å². The molecular formula is C6H15NO2S. The zero-order valence-corrected chi connectivity index (χ0v) is 7.32. The molecule has 0 heterocycles. The molecule has 0 rings (SSSR count). The molecule has 10 heavy (non-hydrogen) atoms. The van der Waals surface area contributed by atoms with Crippen molar-refractivity contribution in [2.24, 2.45) is 5.73 Å². The molecule has 4 heteroatoms. The summed E-state index contributed by atoms with van der Waals surface area (Å²) in [5.74, 6) is 0.223. The van der Waals surface area contributed by atoms with Crippen molar-refractivity contribution < 1.29 is 8.42 Å². The molecule has 0 radical (unpaired) electrons. The van der Waals surface area contributed by atoms with E-state index in [1.165, 1.54) is 6.92 Å². The lowest BCUT2D eigenvalue weighted by Crippen LogP contribution is -2.29. The fraction of sp³-hybridized carbons (Fsp3) is 1.00. The van der Waals surface area contributed by atoms with Gasteiger partial charge in [0.15, 0.2) is 9.84 Å². The van der Waals surface area contributed by atoms with Gasteiger partial charge in [0.2, 0.25) is 0 Å².